The van der Waals surface area contributed by atoms with Gasteiger partial charge >= 0.3 is 5.97 Å². The minimum atomic E-state index is -0.563. The summed E-state index contributed by atoms with van der Waals surface area (Å²) in [7, 11) is 0. The lowest BCUT2D eigenvalue weighted by Crippen LogP contribution is -2.24. The first kappa shape index (κ1) is 21.9. The minimum absolute atomic E-state index is 0.216. The smallest absolute Gasteiger partial charge is 0.344 e. The van der Waals surface area contributed by atoms with Crippen LogP contribution in [0.25, 0.3) is 0 Å². The molecular weight excluding hydrogens is 378 g/mol. The third kappa shape index (κ3) is 5.41. The van der Waals surface area contributed by atoms with Gasteiger partial charge in [-0.2, -0.15) is 0 Å². The fraction of sp³-hybridized carbons (Fsp3) is 0.440. The maximum absolute atomic E-state index is 12.4. The summed E-state index contributed by atoms with van der Waals surface area (Å²) in [4.78, 5) is 24.5. The van der Waals surface area contributed by atoms with Crippen molar-refractivity contribution >= 4 is 17.6 Å². The normalized spacial score (nSPS) is 12.7. The van der Waals surface area contributed by atoms with Crippen LogP contribution in [0.3, 0.4) is 0 Å². The Balaban J connectivity index is 1.53. The summed E-state index contributed by atoms with van der Waals surface area (Å²) in [6.45, 7) is 7.80. The van der Waals surface area contributed by atoms with Gasteiger partial charge in [0.2, 0.25) is 0 Å². The van der Waals surface area contributed by atoms with Crippen molar-refractivity contribution in [1.82, 2.24) is 0 Å². The highest BCUT2D eigenvalue weighted by atomic mass is 16.6. The van der Waals surface area contributed by atoms with Crippen molar-refractivity contribution in [3.63, 3.8) is 0 Å². The van der Waals surface area contributed by atoms with Crippen molar-refractivity contribution in [3.8, 4) is 5.75 Å². The van der Waals surface area contributed by atoms with E-state index < -0.39 is 5.97 Å². The highest BCUT2D eigenvalue weighted by Gasteiger charge is 2.17. The summed E-state index contributed by atoms with van der Waals surface area (Å²) in [5, 5.41) is 2.94. The molecule has 30 heavy (non-hydrogen) atoms. The van der Waals surface area contributed by atoms with E-state index in [1.807, 2.05) is 30.3 Å². The number of rotatable bonds is 8. The second-order valence-electron chi connectivity index (χ2n) is 8.40. The standard InChI is InChI=1S/C25H31NO4/c1-16(2)21-9-6-10-22(17(3)4)25(21)26-23(27)14-30-24(28)15-29-20-12-11-18-7-5-8-19(18)13-20/h6,9-13,16-17H,5,7-8,14-15H2,1-4H3,(H,26,27). The van der Waals surface area contributed by atoms with Gasteiger partial charge in [0.15, 0.2) is 13.2 Å². The van der Waals surface area contributed by atoms with Crippen molar-refractivity contribution in [3.05, 3.63) is 58.7 Å². The number of carbonyl (C=O) groups excluding carboxylic acids is 2. The molecule has 160 valence electrons. The Morgan fingerprint density at radius 2 is 1.60 bits per heavy atom. The van der Waals surface area contributed by atoms with E-state index in [4.69, 9.17) is 9.47 Å². The number of esters is 1. The van der Waals surface area contributed by atoms with Crippen LogP contribution in [-0.4, -0.2) is 25.1 Å². The van der Waals surface area contributed by atoms with Gasteiger partial charge in [-0.05, 0) is 65.5 Å². The molecule has 1 aliphatic carbocycles. The molecule has 1 amide bonds. The Morgan fingerprint density at radius 1 is 0.933 bits per heavy atom. The number of fused-ring (bicyclic) bond motifs is 1. The van der Waals surface area contributed by atoms with Crippen LogP contribution in [0.15, 0.2) is 36.4 Å². The summed E-state index contributed by atoms with van der Waals surface area (Å²) in [6, 6.07) is 12.0. The topological polar surface area (TPSA) is 64.6 Å². The van der Waals surface area contributed by atoms with Crippen molar-refractivity contribution in [1.29, 1.82) is 0 Å². The van der Waals surface area contributed by atoms with Crippen LogP contribution >= 0.6 is 0 Å². The van der Waals surface area contributed by atoms with Gasteiger partial charge in [0.1, 0.15) is 5.75 Å². The maximum atomic E-state index is 12.4. The number of hydrogen-bond donors (Lipinski definition) is 1. The molecule has 0 saturated carbocycles. The number of benzene rings is 2. The summed E-state index contributed by atoms with van der Waals surface area (Å²) in [5.74, 6) is 0.275. The Kier molecular flexibility index (Phi) is 7.14. The van der Waals surface area contributed by atoms with Crippen LogP contribution in [-0.2, 0) is 27.2 Å². The van der Waals surface area contributed by atoms with Crippen molar-refractivity contribution in [2.24, 2.45) is 0 Å². The first-order chi connectivity index (χ1) is 14.3. The summed E-state index contributed by atoms with van der Waals surface area (Å²) in [5.41, 5.74) is 5.59. The molecule has 3 rings (SSSR count). The van der Waals surface area contributed by atoms with E-state index in [1.165, 1.54) is 11.1 Å². The number of carbonyl (C=O) groups is 2. The van der Waals surface area contributed by atoms with E-state index in [9.17, 15) is 9.59 Å². The molecule has 2 aromatic rings. The van der Waals surface area contributed by atoms with Crippen molar-refractivity contribution < 1.29 is 19.1 Å². The Hall–Kier alpha value is -2.82. The fourth-order valence-electron chi connectivity index (χ4n) is 3.84. The molecule has 1 aliphatic rings. The predicted molar refractivity (Wildman–Crippen MR) is 118 cm³/mol. The fourth-order valence-corrected chi connectivity index (χ4v) is 3.84. The second-order valence-corrected chi connectivity index (χ2v) is 8.40. The molecule has 0 radical (unpaired) electrons. The van der Waals surface area contributed by atoms with Crippen molar-refractivity contribution in [2.45, 2.75) is 58.8 Å². The average molecular weight is 410 g/mol. The third-order valence-electron chi connectivity index (χ3n) is 5.43. The predicted octanol–water partition coefficient (Wildman–Crippen LogP) is 4.98. The summed E-state index contributed by atoms with van der Waals surface area (Å²) >= 11 is 0. The van der Waals surface area contributed by atoms with Gasteiger partial charge in [-0.15, -0.1) is 0 Å². The monoisotopic (exact) mass is 409 g/mol. The van der Waals surface area contributed by atoms with Gasteiger partial charge in [-0.25, -0.2) is 4.79 Å². The quantitative estimate of drug-likeness (QED) is 0.624. The van der Waals surface area contributed by atoms with Gasteiger partial charge < -0.3 is 14.8 Å². The number of aryl methyl sites for hydroxylation is 2. The summed E-state index contributed by atoms with van der Waals surface area (Å²) in [6.07, 6.45) is 3.31. The largest absolute Gasteiger partial charge is 0.482 e. The van der Waals surface area contributed by atoms with Gasteiger partial charge in [0.05, 0.1) is 0 Å². The molecule has 5 heteroatoms. The van der Waals surface area contributed by atoms with E-state index in [2.05, 4.69) is 39.1 Å². The first-order valence-electron chi connectivity index (χ1n) is 10.7. The second kappa shape index (κ2) is 9.79. The van der Waals surface area contributed by atoms with Crippen LogP contribution in [0.2, 0.25) is 0 Å². The van der Waals surface area contributed by atoms with Crippen LogP contribution in [0.5, 0.6) is 5.75 Å². The number of anilines is 1. The lowest BCUT2D eigenvalue weighted by molar-refractivity contribution is -0.149. The molecule has 0 bridgehead atoms. The lowest BCUT2D eigenvalue weighted by Gasteiger charge is -2.20. The molecule has 0 fully saturated rings. The highest BCUT2D eigenvalue weighted by Crippen LogP contribution is 2.32. The molecule has 5 nitrogen and oxygen atoms in total. The van der Waals surface area contributed by atoms with E-state index >= 15 is 0 Å². The molecule has 0 saturated heterocycles. The zero-order chi connectivity index (χ0) is 21.7. The molecular formula is C25H31NO4. The van der Waals surface area contributed by atoms with Crippen molar-refractivity contribution in [2.75, 3.05) is 18.5 Å². The number of nitrogens with one attached hydrogen (secondary N) is 1. The molecule has 0 atom stereocenters. The minimum Gasteiger partial charge on any atom is -0.482 e. The van der Waals surface area contributed by atoms with Crippen LogP contribution in [0.1, 0.15) is 68.2 Å². The van der Waals surface area contributed by atoms with E-state index in [0.717, 1.165) is 36.1 Å². The maximum Gasteiger partial charge on any atom is 0.344 e. The van der Waals surface area contributed by atoms with Crippen LogP contribution in [0.4, 0.5) is 5.69 Å². The number of para-hydroxylation sites is 1. The Bertz CT molecular complexity index is 891. The van der Waals surface area contributed by atoms with E-state index in [1.54, 1.807) is 0 Å². The molecule has 0 aliphatic heterocycles. The van der Waals surface area contributed by atoms with E-state index in [-0.39, 0.29) is 31.0 Å². The zero-order valence-electron chi connectivity index (χ0n) is 18.3. The van der Waals surface area contributed by atoms with Crippen LogP contribution < -0.4 is 10.1 Å². The molecule has 1 N–H and O–H groups in total. The third-order valence-corrected chi connectivity index (χ3v) is 5.43. The Labute approximate surface area is 178 Å². The Morgan fingerprint density at radius 3 is 2.27 bits per heavy atom. The van der Waals surface area contributed by atoms with Gasteiger partial charge in [0, 0.05) is 5.69 Å². The summed E-state index contributed by atoms with van der Waals surface area (Å²) < 4.78 is 10.7. The highest BCUT2D eigenvalue weighted by molar-refractivity contribution is 5.94. The average Bonchev–Trinajstić information content (AvgIpc) is 3.18. The molecule has 0 unspecified atom stereocenters. The molecule has 0 spiro atoms. The molecule has 0 heterocycles. The lowest BCUT2D eigenvalue weighted by atomic mass is 9.92. The first-order valence-corrected chi connectivity index (χ1v) is 10.7. The van der Waals surface area contributed by atoms with Gasteiger partial charge in [-0.3, -0.25) is 4.79 Å². The SMILES string of the molecule is CC(C)c1cccc(C(C)C)c1NC(=O)COC(=O)COc1ccc2c(c1)CCC2. The molecule has 2 aromatic carbocycles. The van der Waals surface area contributed by atoms with Gasteiger partial charge in [-0.1, -0.05) is 52.0 Å². The number of amides is 1. The van der Waals surface area contributed by atoms with Crippen LogP contribution in [0, 0.1) is 0 Å². The molecule has 0 aromatic heterocycles. The zero-order valence-corrected chi connectivity index (χ0v) is 18.3. The number of hydrogen-bond acceptors (Lipinski definition) is 4. The van der Waals surface area contributed by atoms with Gasteiger partial charge in [0.25, 0.3) is 5.91 Å². The number of ether oxygens (including phenoxy) is 2. The van der Waals surface area contributed by atoms with E-state index in [0.29, 0.717) is 5.75 Å².